The van der Waals surface area contributed by atoms with Gasteiger partial charge in [-0.3, -0.25) is 9.67 Å². The third-order valence-corrected chi connectivity index (χ3v) is 8.90. The van der Waals surface area contributed by atoms with E-state index in [1.54, 1.807) is 33.4 Å². The molecule has 3 N–H and O–H groups in total. The molecule has 0 bridgehead atoms. The number of aromatic nitrogens is 2. The second-order valence-electron chi connectivity index (χ2n) is 10.6. The lowest BCUT2D eigenvalue weighted by Gasteiger charge is -2.24. The Kier molecular flexibility index (Phi) is 8.00. The number of halogens is 3. The second-order valence-corrected chi connectivity index (χ2v) is 12.1. The number of nitrogens with two attached hydrogens (primary N) is 1. The van der Waals surface area contributed by atoms with E-state index in [-0.39, 0.29) is 29.9 Å². The lowest BCUT2D eigenvalue weighted by molar-refractivity contribution is -0.137. The van der Waals surface area contributed by atoms with Crippen molar-refractivity contribution in [3.63, 3.8) is 0 Å². The van der Waals surface area contributed by atoms with Crippen molar-refractivity contribution in [1.29, 1.82) is 0 Å². The van der Waals surface area contributed by atoms with Crippen molar-refractivity contribution in [3.05, 3.63) is 88.9 Å². The van der Waals surface area contributed by atoms with Gasteiger partial charge in [0.05, 0.1) is 46.6 Å². The summed E-state index contributed by atoms with van der Waals surface area (Å²) >= 11 is -1.66. The van der Waals surface area contributed by atoms with Crippen molar-refractivity contribution in [2.24, 2.45) is 29.6 Å². The predicted molar refractivity (Wildman–Crippen MR) is 149 cm³/mol. The van der Waals surface area contributed by atoms with E-state index in [1.165, 1.54) is 6.07 Å². The van der Waals surface area contributed by atoms with Gasteiger partial charge in [-0.15, -0.1) is 4.31 Å². The summed E-state index contributed by atoms with van der Waals surface area (Å²) in [7, 11) is 1.82. The van der Waals surface area contributed by atoms with Crippen molar-refractivity contribution in [2.75, 3.05) is 6.54 Å². The van der Waals surface area contributed by atoms with E-state index in [1.807, 2.05) is 26.2 Å². The molecular formula is C29H30F3N5O3S. The summed E-state index contributed by atoms with van der Waals surface area (Å²) in [6.45, 7) is 2.62. The van der Waals surface area contributed by atoms with Crippen LogP contribution in [-0.4, -0.2) is 42.0 Å². The van der Waals surface area contributed by atoms with Crippen LogP contribution in [-0.2, 0) is 42.3 Å². The number of aliphatic carboxylic acids is 1. The minimum Gasteiger partial charge on any atom is -0.593 e. The summed E-state index contributed by atoms with van der Waals surface area (Å²) in [5.41, 5.74) is 8.04. The van der Waals surface area contributed by atoms with Gasteiger partial charge in [-0.05, 0) is 66.1 Å². The van der Waals surface area contributed by atoms with E-state index >= 15 is 0 Å². The Morgan fingerprint density at radius 2 is 2.07 bits per heavy atom. The first kappa shape index (κ1) is 28.9. The van der Waals surface area contributed by atoms with Gasteiger partial charge in [0, 0.05) is 37.5 Å². The summed E-state index contributed by atoms with van der Waals surface area (Å²) in [5, 5.41) is 14.0. The van der Waals surface area contributed by atoms with Crippen LogP contribution < -0.4 is 5.73 Å². The molecule has 41 heavy (non-hydrogen) atoms. The van der Waals surface area contributed by atoms with E-state index < -0.39 is 29.1 Å². The molecule has 2 heterocycles. The molecule has 3 aromatic rings. The average molecular weight is 586 g/mol. The summed E-state index contributed by atoms with van der Waals surface area (Å²) in [6.07, 6.45) is 1.36. The Bertz CT molecular complexity index is 1520. The van der Waals surface area contributed by atoms with Crippen LogP contribution in [0.15, 0.2) is 76.5 Å². The van der Waals surface area contributed by atoms with Gasteiger partial charge in [0.25, 0.3) is 0 Å². The van der Waals surface area contributed by atoms with Crippen molar-refractivity contribution >= 4 is 28.7 Å². The molecule has 5 rings (SSSR count). The maximum absolute atomic E-state index is 13.5. The Morgan fingerprint density at radius 3 is 2.73 bits per heavy atom. The highest BCUT2D eigenvalue weighted by Crippen LogP contribution is 2.50. The van der Waals surface area contributed by atoms with Crippen LogP contribution in [0.1, 0.15) is 41.5 Å². The molecule has 4 atom stereocenters. The molecule has 0 spiro atoms. The SMILES string of the molecule is C[C@H]1Cc2cc(C(F)(F)F)ccc2[S+]([O-])N(Cc2cccc(N=C(C(=CN)C(=O)O)[C@@H]3CC3c3cnn(C)c3)c2)C1. The zero-order valence-electron chi connectivity index (χ0n) is 22.5. The van der Waals surface area contributed by atoms with Gasteiger partial charge >= 0.3 is 12.1 Å². The maximum atomic E-state index is 13.5. The molecule has 12 heteroatoms. The lowest BCUT2D eigenvalue weighted by Crippen LogP contribution is -2.32. The van der Waals surface area contributed by atoms with Crippen LogP contribution in [0.3, 0.4) is 0 Å². The number of hydrogen-bond acceptors (Lipinski definition) is 6. The topological polar surface area (TPSA) is 120 Å². The molecule has 1 aliphatic carbocycles. The number of carboxylic acid groups (broad SMARTS) is 1. The van der Waals surface area contributed by atoms with E-state index in [4.69, 9.17) is 10.7 Å². The molecular weight excluding hydrogens is 555 g/mol. The molecule has 1 fully saturated rings. The summed E-state index contributed by atoms with van der Waals surface area (Å²) in [4.78, 5) is 17.1. The van der Waals surface area contributed by atoms with E-state index in [0.29, 0.717) is 34.8 Å². The minimum absolute atomic E-state index is 0.0245. The van der Waals surface area contributed by atoms with Crippen LogP contribution in [0.4, 0.5) is 18.9 Å². The molecule has 1 aliphatic heterocycles. The molecule has 8 nitrogen and oxygen atoms in total. The monoisotopic (exact) mass is 585 g/mol. The fraction of sp³-hybridized carbons (Fsp3) is 0.345. The van der Waals surface area contributed by atoms with Crippen molar-refractivity contribution in [1.82, 2.24) is 14.1 Å². The summed E-state index contributed by atoms with van der Waals surface area (Å²) in [6, 6.07) is 10.6. The Morgan fingerprint density at radius 1 is 1.29 bits per heavy atom. The highest BCUT2D eigenvalue weighted by molar-refractivity contribution is 7.89. The zero-order valence-corrected chi connectivity index (χ0v) is 23.3. The smallest absolute Gasteiger partial charge is 0.416 e. The Hall–Kier alpha value is -3.61. The van der Waals surface area contributed by atoms with Crippen LogP contribution >= 0.6 is 0 Å². The third-order valence-electron chi connectivity index (χ3n) is 7.38. The number of hydrogen-bond donors (Lipinski definition) is 2. The predicted octanol–water partition coefficient (Wildman–Crippen LogP) is 4.96. The molecule has 2 aliphatic rings. The molecule has 1 aromatic heterocycles. The molecule has 2 aromatic carbocycles. The van der Waals surface area contributed by atoms with E-state index in [9.17, 15) is 27.6 Å². The highest BCUT2D eigenvalue weighted by atomic mass is 32.2. The number of carboxylic acids is 1. The number of rotatable bonds is 7. The third kappa shape index (κ3) is 6.34. The van der Waals surface area contributed by atoms with Gasteiger partial charge in [0.15, 0.2) is 4.90 Å². The molecule has 216 valence electrons. The summed E-state index contributed by atoms with van der Waals surface area (Å²) in [5.74, 6) is -1.24. The van der Waals surface area contributed by atoms with Gasteiger partial charge in [0.2, 0.25) is 0 Å². The van der Waals surface area contributed by atoms with Crippen LogP contribution in [0.25, 0.3) is 0 Å². The first-order valence-corrected chi connectivity index (χ1v) is 14.2. The van der Waals surface area contributed by atoms with E-state index in [2.05, 4.69) is 5.10 Å². The van der Waals surface area contributed by atoms with Gasteiger partial charge in [-0.25, -0.2) is 4.79 Å². The number of fused-ring (bicyclic) bond motifs is 1. The molecule has 1 saturated carbocycles. The molecule has 0 radical (unpaired) electrons. The Balaban J connectivity index is 1.41. The fourth-order valence-electron chi connectivity index (χ4n) is 5.38. The largest absolute Gasteiger partial charge is 0.593 e. The lowest BCUT2D eigenvalue weighted by atomic mass is 9.99. The normalized spacial score (nSPS) is 23.7. The van der Waals surface area contributed by atoms with E-state index in [0.717, 1.165) is 35.9 Å². The van der Waals surface area contributed by atoms with Gasteiger partial charge in [-0.2, -0.15) is 18.3 Å². The van der Waals surface area contributed by atoms with Gasteiger partial charge in [0.1, 0.15) is 0 Å². The highest BCUT2D eigenvalue weighted by Gasteiger charge is 2.45. The maximum Gasteiger partial charge on any atom is 0.416 e. The van der Waals surface area contributed by atoms with Crippen LogP contribution in [0.2, 0.25) is 0 Å². The number of benzene rings is 2. The average Bonchev–Trinajstić information content (AvgIpc) is 3.60. The number of nitrogens with zero attached hydrogens (tertiary/aromatic N) is 4. The number of aryl methyl sites for hydroxylation is 1. The number of alkyl halides is 3. The number of aliphatic imine (C=N–C) groups is 1. The first-order chi connectivity index (χ1) is 19.4. The molecule has 2 unspecified atom stereocenters. The van der Waals surface area contributed by atoms with Crippen LogP contribution in [0.5, 0.6) is 0 Å². The number of carbonyl (C=O) groups is 1. The van der Waals surface area contributed by atoms with Crippen molar-refractivity contribution < 1.29 is 27.6 Å². The quantitative estimate of drug-likeness (QED) is 0.230. The zero-order chi connectivity index (χ0) is 29.5. The Labute approximate surface area is 238 Å². The van der Waals surface area contributed by atoms with Crippen molar-refractivity contribution in [2.45, 2.75) is 43.3 Å². The standard InChI is InChI=1S/C29H30F3N5O3S/c1-17-8-19-10-21(29(30,31)32)6-7-26(19)41(40)37(14-17)15-18-4-3-5-22(9-18)35-27(25(12-33)28(38)39)24-11-23(24)20-13-34-36(2)16-20/h3-7,9-10,12-13,16-17,23-24H,8,11,14-15,33H2,1-2H3,(H,38,39)/t17-,23?,24+,41?/m0/s1. The minimum atomic E-state index is -4.47. The molecule has 0 saturated heterocycles. The second kappa shape index (κ2) is 11.3. The van der Waals surface area contributed by atoms with Gasteiger partial charge in [-0.1, -0.05) is 19.1 Å². The van der Waals surface area contributed by atoms with Crippen LogP contribution in [0, 0.1) is 11.8 Å². The fourth-order valence-corrected chi connectivity index (χ4v) is 6.86. The van der Waals surface area contributed by atoms with Gasteiger partial charge < -0.3 is 15.4 Å². The summed E-state index contributed by atoms with van der Waals surface area (Å²) < 4.78 is 56.8. The molecule has 0 amide bonds. The first-order valence-electron chi connectivity index (χ1n) is 13.1. The van der Waals surface area contributed by atoms with Crippen molar-refractivity contribution in [3.8, 4) is 0 Å².